The molecule has 0 spiro atoms. The maximum atomic E-state index is 13.2. The molecule has 0 heterocycles. The van der Waals surface area contributed by atoms with Gasteiger partial charge in [0, 0.05) is 5.02 Å². The summed E-state index contributed by atoms with van der Waals surface area (Å²) in [5, 5.41) is 11.5. The monoisotopic (exact) mass is 408 g/mol. The first-order chi connectivity index (χ1) is 12.5. The summed E-state index contributed by atoms with van der Waals surface area (Å²) in [6.07, 6.45) is 0. The highest BCUT2D eigenvalue weighted by molar-refractivity contribution is 7.91. The zero-order chi connectivity index (χ0) is 20.2. The van der Waals surface area contributed by atoms with Crippen LogP contribution in [0.5, 0.6) is 0 Å². The highest BCUT2D eigenvalue weighted by Crippen LogP contribution is 2.28. The summed E-state index contributed by atoms with van der Waals surface area (Å²) in [6, 6.07) is 11.9. The third-order valence-electron chi connectivity index (χ3n) is 3.88. The fourth-order valence-corrected chi connectivity index (χ4v) is 4.31. The zero-order valence-corrected chi connectivity index (χ0v) is 16.4. The van der Waals surface area contributed by atoms with Crippen molar-refractivity contribution >= 4 is 27.3 Å². The summed E-state index contributed by atoms with van der Waals surface area (Å²) >= 11 is 6.03. The molecule has 0 aliphatic rings. The van der Waals surface area contributed by atoms with E-state index in [1.54, 1.807) is 13.8 Å². The summed E-state index contributed by atoms with van der Waals surface area (Å²) in [4.78, 5) is 12.3. The van der Waals surface area contributed by atoms with Gasteiger partial charge >= 0.3 is 0 Å². The molecule has 0 bridgehead atoms. The first-order valence-electron chi connectivity index (χ1n) is 7.98. The summed E-state index contributed by atoms with van der Waals surface area (Å²) in [5.41, 5.74) is 0.407. The minimum Gasteiger partial charge on any atom is -0.346 e. The molecule has 0 unspecified atom stereocenters. The lowest BCUT2D eigenvalue weighted by atomic mass is 9.94. The van der Waals surface area contributed by atoms with Crippen LogP contribution in [0.4, 0.5) is 4.39 Å². The molecular formula is C19H18ClFN2O3S. The molecule has 0 aliphatic heterocycles. The van der Waals surface area contributed by atoms with Crippen molar-refractivity contribution in [3.63, 3.8) is 0 Å². The van der Waals surface area contributed by atoms with Crippen LogP contribution < -0.4 is 5.32 Å². The molecule has 0 fully saturated rings. The van der Waals surface area contributed by atoms with E-state index in [-0.39, 0.29) is 10.8 Å². The molecule has 2 rings (SSSR count). The van der Waals surface area contributed by atoms with E-state index in [0.29, 0.717) is 16.7 Å². The highest BCUT2D eigenvalue weighted by Gasteiger charge is 2.28. The number of carbonyl (C=O) groups is 1. The van der Waals surface area contributed by atoms with Gasteiger partial charge in [-0.1, -0.05) is 29.8 Å². The van der Waals surface area contributed by atoms with Crippen LogP contribution in [0.25, 0.3) is 0 Å². The number of halogens is 2. The Kier molecular flexibility index (Phi) is 6.24. The number of benzene rings is 2. The van der Waals surface area contributed by atoms with Crippen molar-refractivity contribution < 1.29 is 17.6 Å². The number of nitriles is 1. The van der Waals surface area contributed by atoms with Crippen molar-refractivity contribution in [3.05, 3.63) is 70.0 Å². The normalized spacial score (nSPS) is 11.7. The van der Waals surface area contributed by atoms with Gasteiger partial charge in [0.1, 0.15) is 11.6 Å². The van der Waals surface area contributed by atoms with Gasteiger partial charge in [0.2, 0.25) is 5.91 Å². The van der Waals surface area contributed by atoms with Crippen LogP contribution >= 0.6 is 11.6 Å². The molecule has 142 valence electrons. The smallest absolute Gasteiger partial charge is 0.235 e. The number of nitrogens with zero attached hydrogens (tertiary/aromatic N) is 1. The van der Waals surface area contributed by atoms with E-state index in [1.807, 2.05) is 6.07 Å². The molecule has 1 amide bonds. The van der Waals surface area contributed by atoms with Crippen molar-refractivity contribution in [2.45, 2.75) is 25.1 Å². The molecule has 0 atom stereocenters. The zero-order valence-electron chi connectivity index (χ0n) is 14.8. The van der Waals surface area contributed by atoms with Gasteiger partial charge in [-0.3, -0.25) is 4.79 Å². The lowest BCUT2D eigenvalue weighted by Gasteiger charge is -2.28. The van der Waals surface area contributed by atoms with Gasteiger partial charge in [-0.05, 0) is 49.2 Å². The van der Waals surface area contributed by atoms with E-state index < -0.39 is 32.9 Å². The topological polar surface area (TPSA) is 87.0 Å². The maximum Gasteiger partial charge on any atom is 0.235 e. The summed E-state index contributed by atoms with van der Waals surface area (Å²) < 4.78 is 37.8. The Morgan fingerprint density at radius 2 is 1.85 bits per heavy atom. The van der Waals surface area contributed by atoms with Gasteiger partial charge in [-0.2, -0.15) is 5.26 Å². The second kappa shape index (κ2) is 8.07. The summed E-state index contributed by atoms with van der Waals surface area (Å²) in [7, 11) is -3.71. The Hall–Kier alpha value is -2.43. The minimum atomic E-state index is -3.71. The molecule has 1 N–H and O–H groups in total. The molecule has 0 aromatic heterocycles. The Morgan fingerprint density at radius 3 is 2.41 bits per heavy atom. The van der Waals surface area contributed by atoms with Crippen LogP contribution in [0, 0.1) is 17.1 Å². The molecule has 0 saturated heterocycles. The highest BCUT2D eigenvalue weighted by atomic mass is 35.5. The van der Waals surface area contributed by atoms with E-state index in [0.717, 1.165) is 6.07 Å². The molecule has 0 aliphatic carbocycles. The van der Waals surface area contributed by atoms with Crippen LogP contribution in [0.2, 0.25) is 5.02 Å². The van der Waals surface area contributed by atoms with Crippen molar-refractivity contribution in [2.24, 2.45) is 0 Å². The molecule has 0 radical (unpaired) electrons. The summed E-state index contributed by atoms with van der Waals surface area (Å²) in [5.74, 6) is -2.20. The van der Waals surface area contributed by atoms with Crippen LogP contribution in [0.15, 0.2) is 42.5 Å². The number of rotatable bonds is 6. The van der Waals surface area contributed by atoms with Gasteiger partial charge in [-0.25, -0.2) is 12.8 Å². The first-order valence-corrected chi connectivity index (χ1v) is 10.2. The molecule has 2 aromatic rings. The third-order valence-corrected chi connectivity index (χ3v) is 5.66. The van der Waals surface area contributed by atoms with E-state index >= 15 is 0 Å². The number of sulfone groups is 1. The van der Waals surface area contributed by atoms with Crippen LogP contribution in [0.3, 0.4) is 0 Å². The fraction of sp³-hybridized carbons (Fsp3) is 0.263. The number of nitrogens with one attached hydrogen (secondary N) is 1. The van der Waals surface area contributed by atoms with E-state index in [9.17, 15) is 17.6 Å². The summed E-state index contributed by atoms with van der Waals surface area (Å²) in [6.45, 7) is 3.30. The largest absolute Gasteiger partial charge is 0.346 e. The minimum absolute atomic E-state index is 0.140. The fourth-order valence-electron chi connectivity index (χ4n) is 2.63. The second-order valence-electron chi connectivity index (χ2n) is 6.64. The Labute approximate surface area is 162 Å². The lowest BCUT2D eigenvalue weighted by Crippen LogP contribution is -2.44. The standard InChI is InChI=1S/C19H18ClFN2O3S/c1-19(2,16-8-7-15(21)9-17(16)20)23-18(24)12-27(25,26)11-14-5-3-13(10-22)4-6-14/h3-9H,11-12H2,1-2H3,(H,23,24). The van der Waals surface area contributed by atoms with Crippen molar-refractivity contribution in [3.8, 4) is 6.07 Å². The van der Waals surface area contributed by atoms with Crippen molar-refractivity contribution in [1.29, 1.82) is 5.26 Å². The Morgan fingerprint density at radius 1 is 1.22 bits per heavy atom. The SMILES string of the molecule is CC(C)(NC(=O)CS(=O)(=O)Cc1ccc(C#N)cc1)c1ccc(F)cc1Cl. The number of hydrogen-bond acceptors (Lipinski definition) is 4. The van der Waals surface area contributed by atoms with Crippen molar-refractivity contribution in [2.75, 3.05) is 5.75 Å². The maximum absolute atomic E-state index is 13.2. The number of hydrogen-bond donors (Lipinski definition) is 1. The van der Waals surface area contributed by atoms with Crippen LogP contribution in [-0.2, 0) is 25.9 Å². The van der Waals surface area contributed by atoms with Crippen LogP contribution in [-0.4, -0.2) is 20.1 Å². The molecule has 8 heteroatoms. The third kappa shape index (κ3) is 5.78. The van der Waals surface area contributed by atoms with Gasteiger partial charge in [0.25, 0.3) is 0 Å². The van der Waals surface area contributed by atoms with Crippen molar-refractivity contribution in [1.82, 2.24) is 5.32 Å². The van der Waals surface area contributed by atoms with E-state index in [4.69, 9.17) is 16.9 Å². The average molecular weight is 409 g/mol. The van der Waals surface area contributed by atoms with Gasteiger partial charge < -0.3 is 5.32 Å². The molecule has 27 heavy (non-hydrogen) atoms. The van der Waals surface area contributed by atoms with Gasteiger partial charge in [-0.15, -0.1) is 0 Å². The Balaban J connectivity index is 2.07. The van der Waals surface area contributed by atoms with E-state index in [2.05, 4.69) is 5.32 Å². The predicted molar refractivity (Wildman–Crippen MR) is 101 cm³/mol. The molecule has 5 nitrogen and oxygen atoms in total. The second-order valence-corrected chi connectivity index (χ2v) is 9.11. The number of carbonyl (C=O) groups excluding carboxylic acids is 1. The molecule has 0 saturated carbocycles. The lowest BCUT2D eigenvalue weighted by molar-refractivity contribution is -0.120. The quantitative estimate of drug-likeness (QED) is 0.794. The first kappa shape index (κ1) is 20.9. The predicted octanol–water partition coefficient (Wildman–Crippen LogP) is 3.32. The van der Waals surface area contributed by atoms with Crippen LogP contribution in [0.1, 0.15) is 30.5 Å². The van der Waals surface area contributed by atoms with Gasteiger partial charge in [0.15, 0.2) is 9.84 Å². The average Bonchev–Trinajstić information content (AvgIpc) is 2.53. The molecule has 2 aromatic carbocycles. The van der Waals surface area contributed by atoms with Gasteiger partial charge in [0.05, 0.1) is 22.9 Å². The number of amides is 1. The molecular weight excluding hydrogens is 391 g/mol. The van der Waals surface area contributed by atoms with E-state index in [1.165, 1.54) is 36.4 Å². The Bertz CT molecular complexity index is 997.